The van der Waals surface area contributed by atoms with Crippen LogP contribution < -0.4 is 21.3 Å². The molecular formula is C21H34N4O3. The minimum absolute atomic E-state index is 0.391. The second-order valence-corrected chi connectivity index (χ2v) is 6.61. The fourth-order valence-electron chi connectivity index (χ4n) is 2.85. The Kier molecular flexibility index (Phi) is 11.1. The molecule has 0 saturated heterocycles. The molecule has 0 amide bonds. The number of ether oxygens (including phenoxy) is 2. The van der Waals surface area contributed by atoms with Crippen molar-refractivity contribution in [3.05, 3.63) is 53.3 Å². The molecule has 0 spiro atoms. The van der Waals surface area contributed by atoms with Crippen molar-refractivity contribution in [1.29, 1.82) is 0 Å². The van der Waals surface area contributed by atoms with Crippen LogP contribution in [0.25, 0.3) is 0 Å². The quantitative estimate of drug-likeness (QED) is 0.112. The van der Waals surface area contributed by atoms with Crippen LogP contribution in [0.4, 0.5) is 0 Å². The summed E-state index contributed by atoms with van der Waals surface area (Å²) in [6.07, 6.45) is 4.06. The van der Waals surface area contributed by atoms with Crippen LogP contribution >= 0.6 is 0 Å². The summed E-state index contributed by atoms with van der Waals surface area (Å²) in [7, 11) is 5.26. The van der Waals surface area contributed by atoms with E-state index in [0.717, 1.165) is 55.6 Å². The molecule has 1 atom stereocenters. The SMILES string of the molecule is C=C/C(C)=C(/NCCCN(C)CCc1ccc(OC)c(C=O)c1)C(NN)OC. The molecule has 0 aliphatic rings. The van der Waals surface area contributed by atoms with Crippen molar-refractivity contribution in [3.8, 4) is 5.75 Å². The molecule has 1 aromatic rings. The Morgan fingerprint density at radius 1 is 1.36 bits per heavy atom. The molecule has 0 bridgehead atoms. The predicted molar refractivity (Wildman–Crippen MR) is 113 cm³/mol. The van der Waals surface area contributed by atoms with Crippen molar-refractivity contribution in [1.82, 2.24) is 15.6 Å². The van der Waals surface area contributed by atoms with Crippen LogP contribution in [0.1, 0.15) is 29.3 Å². The van der Waals surface area contributed by atoms with Crippen molar-refractivity contribution >= 4 is 6.29 Å². The topological polar surface area (TPSA) is 88.9 Å². The second-order valence-electron chi connectivity index (χ2n) is 6.61. The first-order valence-corrected chi connectivity index (χ1v) is 9.37. The molecule has 4 N–H and O–H groups in total. The van der Waals surface area contributed by atoms with Gasteiger partial charge in [0.2, 0.25) is 0 Å². The first kappa shape index (κ1) is 23.8. The number of aldehydes is 1. The summed E-state index contributed by atoms with van der Waals surface area (Å²) in [5, 5.41) is 3.39. The number of nitrogens with one attached hydrogen (secondary N) is 2. The highest BCUT2D eigenvalue weighted by Crippen LogP contribution is 2.18. The van der Waals surface area contributed by atoms with Gasteiger partial charge in [-0.3, -0.25) is 10.6 Å². The number of carbonyl (C=O) groups excluding carboxylic acids is 1. The van der Waals surface area contributed by atoms with Crippen molar-refractivity contribution in [2.24, 2.45) is 5.84 Å². The molecule has 0 radical (unpaired) electrons. The first-order chi connectivity index (χ1) is 13.5. The van der Waals surface area contributed by atoms with E-state index >= 15 is 0 Å². The maximum atomic E-state index is 11.1. The van der Waals surface area contributed by atoms with Crippen LogP contribution in [0, 0.1) is 0 Å². The summed E-state index contributed by atoms with van der Waals surface area (Å²) in [5.74, 6) is 6.15. The van der Waals surface area contributed by atoms with E-state index in [4.69, 9.17) is 15.3 Å². The molecule has 7 nitrogen and oxygen atoms in total. The van der Waals surface area contributed by atoms with E-state index in [0.29, 0.717) is 11.3 Å². The number of nitrogens with two attached hydrogens (primary N) is 1. The van der Waals surface area contributed by atoms with Crippen LogP contribution in [0.2, 0.25) is 0 Å². The Labute approximate surface area is 168 Å². The molecule has 28 heavy (non-hydrogen) atoms. The molecule has 7 heteroatoms. The number of hydrogen-bond donors (Lipinski definition) is 3. The van der Waals surface area contributed by atoms with Gasteiger partial charge in [0.1, 0.15) is 5.75 Å². The molecule has 1 unspecified atom stereocenters. The van der Waals surface area contributed by atoms with Gasteiger partial charge in [-0.1, -0.05) is 18.7 Å². The zero-order valence-corrected chi connectivity index (χ0v) is 17.5. The standard InChI is InChI=1S/C21H34N4O3/c1-6-16(2)20(21(24-22)28-5)23-11-7-12-25(3)13-10-17-8-9-19(27-4)18(14-17)15-26/h6,8-9,14-15,21,23-24H,1,7,10-13,22H2,2-5H3/b20-16+. The Bertz CT molecular complexity index is 657. The Morgan fingerprint density at radius 2 is 2.11 bits per heavy atom. The number of hydrogen-bond acceptors (Lipinski definition) is 7. The normalized spacial score (nSPS) is 13.1. The van der Waals surface area contributed by atoms with Gasteiger partial charge in [0.15, 0.2) is 12.5 Å². The summed E-state index contributed by atoms with van der Waals surface area (Å²) in [5.41, 5.74) is 6.23. The average molecular weight is 391 g/mol. The van der Waals surface area contributed by atoms with E-state index in [1.807, 2.05) is 25.1 Å². The summed E-state index contributed by atoms with van der Waals surface area (Å²) in [6, 6.07) is 5.73. The van der Waals surface area contributed by atoms with E-state index in [9.17, 15) is 4.79 Å². The minimum atomic E-state index is -0.391. The molecule has 1 rings (SSSR count). The van der Waals surface area contributed by atoms with Gasteiger partial charge in [0, 0.05) is 20.2 Å². The summed E-state index contributed by atoms with van der Waals surface area (Å²) < 4.78 is 10.5. The number of nitrogens with zero attached hydrogens (tertiary/aromatic N) is 1. The summed E-state index contributed by atoms with van der Waals surface area (Å²) in [6.45, 7) is 8.42. The van der Waals surface area contributed by atoms with Crippen LogP contribution in [-0.2, 0) is 11.2 Å². The van der Waals surface area contributed by atoms with Crippen molar-refractivity contribution in [2.75, 3.05) is 40.9 Å². The number of hydrazine groups is 1. The molecule has 0 heterocycles. The lowest BCUT2D eigenvalue weighted by atomic mass is 10.1. The lowest BCUT2D eigenvalue weighted by Crippen LogP contribution is -2.43. The van der Waals surface area contributed by atoms with Crippen molar-refractivity contribution < 1.29 is 14.3 Å². The lowest BCUT2D eigenvalue weighted by molar-refractivity contribution is 0.0967. The van der Waals surface area contributed by atoms with Gasteiger partial charge in [-0.25, -0.2) is 5.43 Å². The number of methoxy groups -OCH3 is 2. The third-order valence-corrected chi connectivity index (χ3v) is 4.62. The second kappa shape index (κ2) is 13.1. The van der Waals surface area contributed by atoms with Gasteiger partial charge in [-0.05, 0) is 56.6 Å². The maximum absolute atomic E-state index is 11.1. The minimum Gasteiger partial charge on any atom is -0.496 e. The van der Waals surface area contributed by atoms with Gasteiger partial charge in [0.25, 0.3) is 0 Å². The van der Waals surface area contributed by atoms with Crippen LogP contribution in [-0.4, -0.2) is 58.3 Å². The Hall–Kier alpha value is -2.19. The number of benzene rings is 1. The highest BCUT2D eigenvalue weighted by atomic mass is 16.5. The summed E-state index contributed by atoms with van der Waals surface area (Å²) in [4.78, 5) is 13.4. The van der Waals surface area contributed by atoms with Gasteiger partial charge < -0.3 is 19.7 Å². The summed E-state index contributed by atoms with van der Waals surface area (Å²) >= 11 is 0. The number of rotatable bonds is 14. The number of likely N-dealkylation sites (N-methyl/N-ethyl adjacent to an activating group) is 1. The largest absolute Gasteiger partial charge is 0.496 e. The monoisotopic (exact) mass is 390 g/mol. The highest BCUT2D eigenvalue weighted by Gasteiger charge is 2.13. The van der Waals surface area contributed by atoms with Crippen LogP contribution in [0.15, 0.2) is 42.1 Å². The lowest BCUT2D eigenvalue weighted by Gasteiger charge is -2.22. The smallest absolute Gasteiger partial charge is 0.160 e. The van der Waals surface area contributed by atoms with Crippen molar-refractivity contribution in [2.45, 2.75) is 26.0 Å². The van der Waals surface area contributed by atoms with E-state index in [1.54, 1.807) is 20.3 Å². The van der Waals surface area contributed by atoms with E-state index in [-0.39, 0.29) is 0 Å². The zero-order valence-electron chi connectivity index (χ0n) is 17.5. The van der Waals surface area contributed by atoms with Gasteiger partial charge in [-0.2, -0.15) is 0 Å². The van der Waals surface area contributed by atoms with Crippen LogP contribution in [0.3, 0.4) is 0 Å². The third kappa shape index (κ3) is 7.44. The molecule has 0 aromatic heterocycles. The van der Waals surface area contributed by atoms with E-state index in [1.165, 1.54) is 0 Å². The van der Waals surface area contributed by atoms with Gasteiger partial charge >= 0.3 is 0 Å². The zero-order chi connectivity index (χ0) is 20.9. The fourth-order valence-corrected chi connectivity index (χ4v) is 2.85. The average Bonchev–Trinajstić information content (AvgIpc) is 2.73. The Morgan fingerprint density at radius 3 is 2.68 bits per heavy atom. The number of allylic oxidation sites excluding steroid dienone is 2. The van der Waals surface area contributed by atoms with E-state index in [2.05, 4.69) is 29.3 Å². The predicted octanol–water partition coefficient (Wildman–Crippen LogP) is 1.86. The van der Waals surface area contributed by atoms with Gasteiger partial charge in [-0.15, -0.1) is 0 Å². The van der Waals surface area contributed by atoms with E-state index < -0.39 is 6.23 Å². The van der Waals surface area contributed by atoms with Crippen LogP contribution in [0.5, 0.6) is 5.75 Å². The molecule has 0 saturated carbocycles. The molecule has 0 fully saturated rings. The highest BCUT2D eigenvalue weighted by molar-refractivity contribution is 5.79. The third-order valence-electron chi connectivity index (χ3n) is 4.62. The first-order valence-electron chi connectivity index (χ1n) is 9.37. The van der Waals surface area contributed by atoms with Crippen molar-refractivity contribution in [3.63, 3.8) is 0 Å². The Balaban J connectivity index is 2.45. The molecule has 0 aliphatic carbocycles. The fraction of sp³-hybridized carbons (Fsp3) is 0.476. The van der Waals surface area contributed by atoms with Gasteiger partial charge in [0.05, 0.1) is 18.4 Å². The molecule has 0 aliphatic heterocycles. The molecule has 156 valence electrons. The number of carbonyl (C=O) groups is 1. The molecular weight excluding hydrogens is 356 g/mol. The maximum Gasteiger partial charge on any atom is 0.160 e. The molecule has 1 aromatic carbocycles.